The number of nitrogens with one attached hydrogen (secondary N) is 1. The molecular weight excluding hydrogens is 380 g/mol. The molecule has 0 saturated heterocycles. The largest absolute Gasteiger partial charge is 0.343 e. The summed E-state index contributed by atoms with van der Waals surface area (Å²) in [7, 11) is 0. The van der Waals surface area contributed by atoms with Crippen LogP contribution in [0.15, 0.2) is 54.7 Å². The molecule has 1 unspecified atom stereocenters. The standard InChI is InChI=1S/C20H17ClN4OS/c1-12-16-11-18(19(26)23-13(2)17-5-3-4-10-22-17)27-20(16)25(24-12)15-8-6-14(21)7-9-15/h3-11,13H,1-2H3,(H,23,26). The van der Waals surface area contributed by atoms with Crippen molar-refractivity contribution in [3.8, 4) is 5.69 Å². The molecule has 0 radical (unpaired) electrons. The first-order valence-electron chi connectivity index (χ1n) is 8.50. The average molecular weight is 397 g/mol. The molecule has 5 nitrogen and oxygen atoms in total. The predicted molar refractivity (Wildman–Crippen MR) is 109 cm³/mol. The molecule has 3 heterocycles. The minimum absolute atomic E-state index is 0.114. The Morgan fingerprint density at radius 3 is 2.70 bits per heavy atom. The van der Waals surface area contributed by atoms with E-state index in [-0.39, 0.29) is 11.9 Å². The lowest BCUT2D eigenvalue weighted by Gasteiger charge is -2.12. The quantitative estimate of drug-likeness (QED) is 0.531. The van der Waals surface area contributed by atoms with E-state index in [1.165, 1.54) is 11.3 Å². The molecular formula is C20H17ClN4OS. The SMILES string of the molecule is Cc1nn(-c2ccc(Cl)cc2)c2sc(C(=O)NC(C)c3ccccn3)cc12. The van der Waals surface area contributed by atoms with Crippen LogP contribution in [0.5, 0.6) is 0 Å². The monoisotopic (exact) mass is 396 g/mol. The van der Waals surface area contributed by atoms with E-state index in [1.54, 1.807) is 6.20 Å². The van der Waals surface area contributed by atoms with Gasteiger partial charge in [-0.15, -0.1) is 11.3 Å². The van der Waals surface area contributed by atoms with Gasteiger partial charge in [-0.2, -0.15) is 5.10 Å². The Balaban J connectivity index is 1.64. The Bertz CT molecular complexity index is 1100. The summed E-state index contributed by atoms with van der Waals surface area (Å²) in [5, 5.41) is 9.26. The highest BCUT2D eigenvalue weighted by molar-refractivity contribution is 7.20. The van der Waals surface area contributed by atoms with Crippen LogP contribution in [0.1, 0.15) is 34.0 Å². The first-order chi connectivity index (χ1) is 13.0. The highest BCUT2D eigenvalue weighted by atomic mass is 35.5. The van der Waals surface area contributed by atoms with E-state index in [9.17, 15) is 4.79 Å². The van der Waals surface area contributed by atoms with Gasteiger partial charge >= 0.3 is 0 Å². The minimum atomic E-state index is -0.169. The van der Waals surface area contributed by atoms with E-state index in [2.05, 4.69) is 15.4 Å². The van der Waals surface area contributed by atoms with Crippen LogP contribution in [0.3, 0.4) is 0 Å². The van der Waals surface area contributed by atoms with Gasteiger partial charge in [0.05, 0.1) is 28.0 Å². The van der Waals surface area contributed by atoms with Crippen molar-refractivity contribution in [1.82, 2.24) is 20.1 Å². The number of halogens is 1. The van der Waals surface area contributed by atoms with E-state index in [0.29, 0.717) is 9.90 Å². The fourth-order valence-electron chi connectivity index (χ4n) is 2.89. The smallest absolute Gasteiger partial charge is 0.261 e. The summed E-state index contributed by atoms with van der Waals surface area (Å²) in [4.78, 5) is 18.6. The normalized spacial score (nSPS) is 12.3. The number of nitrogens with zero attached hydrogens (tertiary/aromatic N) is 3. The molecule has 1 aromatic carbocycles. The van der Waals surface area contributed by atoms with Crippen LogP contribution in [0.4, 0.5) is 0 Å². The molecule has 7 heteroatoms. The molecule has 136 valence electrons. The Morgan fingerprint density at radius 2 is 2.00 bits per heavy atom. The molecule has 1 amide bonds. The van der Waals surface area contributed by atoms with Gasteiger partial charge in [-0.05, 0) is 56.3 Å². The van der Waals surface area contributed by atoms with E-state index in [0.717, 1.165) is 27.3 Å². The predicted octanol–water partition coefficient (Wildman–Crippen LogP) is 4.93. The topological polar surface area (TPSA) is 59.8 Å². The molecule has 4 rings (SSSR count). The number of hydrogen-bond acceptors (Lipinski definition) is 4. The second kappa shape index (κ2) is 7.13. The van der Waals surface area contributed by atoms with E-state index in [4.69, 9.17) is 11.6 Å². The lowest BCUT2D eigenvalue weighted by atomic mass is 10.2. The van der Waals surface area contributed by atoms with Crippen LogP contribution in [0, 0.1) is 6.92 Å². The summed E-state index contributed by atoms with van der Waals surface area (Å²) in [6.45, 7) is 3.87. The summed E-state index contributed by atoms with van der Waals surface area (Å²) in [5.74, 6) is -0.114. The van der Waals surface area contributed by atoms with Crippen molar-refractivity contribution < 1.29 is 4.79 Å². The van der Waals surface area contributed by atoms with Gasteiger partial charge in [0.2, 0.25) is 0 Å². The number of aryl methyl sites for hydroxylation is 1. The molecule has 0 bridgehead atoms. The van der Waals surface area contributed by atoms with Crippen LogP contribution >= 0.6 is 22.9 Å². The number of carbonyl (C=O) groups is 1. The summed E-state index contributed by atoms with van der Waals surface area (Å²) in [5.41, 5.74) is 2.62. The zero-order valence-electron chi connectivity index (χ0n) is 14.8. The van der Waals surface area contributed by atoms with Crippen molar-refractivity contribution in [2.75, 3.05) is 0 Å². The number of aromatic nitrogens is 3. The molecule has 3 aromatic heterocycles. The van der Waals surface area contributed by atoms with Gasteiger partial charge in [0.1, 0.15) is 4.83 Å². The first-order valence-corrected chi connectivity index (χ1v) is 9.69. The van der Waals surface area contributed by atoms with Crippen molar-refractivity contribution >= 4 is 39.1 Å². The highest BCUT2D eigenvalue weighted by Gasteiger charge is 2.19. The Labute approximate surface area is 165 Å². The van der Waals surface area contributed by atoms with Gasteiger partial charge in [-0.1, -0.05) is 17.7 Å². The number of hydrogen-bond donors (Lipinski definition) is 1. The number of thiophene rings is 1. The summed E-state index contributed by atoms with van der Waals surface area (Å²) < 4.78 is 1.85. The van der Waals surface area contributed by atoms with Crippen LogP contribution in [-0.2, 0) is 0 Å². The van der Waals surface area contributed by atoms with Crippen LogP contribution < -0.4 is 5.32 Å². The fraction of sp³-hybridized carbons (Fsp3) is 0.150. The molecule has 0 aliphatic carbocycles. The lowest BCUT2D eigenvalue weighted by Crippen LogP contribution is -2.26. The van der Waals surface area contributed by atoms with E-state index in [1.807, 2.05) is 67.1 Å². The zero-order valence-corrected chi connectivity index (χ0v) is 16.4. The minimum Gasteiger partial charge on any atom is -0.343 e. The fourth-order valence-corrected chi connectivity index (χ4v) is 4.10. The van der Waals surface area contributed by atoms with Gasteiger partial charge in [0.15, 0.2) is 0 Å². The molecule has 0 aliphatic rings. The highest BCUT2D eigenvalue weighted by Crippen LogP contribution is 2.31. The number of pyridine rings is 1. The number of rotatable bonds is 4. The Morgan fingerprint density at radius 1 is 1.22 bits per heavy atom. The second-order valence-corrected chi connectivity index (χ2v) is 7.72. The third kappa shape index (κ3) is 3.46. The number of carbonyl (C=O) groups excluding carboxylic acids is 1. The van der Waals surface area contributed by atoms with Gasteiger partial charge < -0.3 is 5.32 Å². The summed E-state index contributed by atoms with van der Waals surface area (Å²) in [6.07, 6.45) is 1.72. The third-order valence-electron chi connectivity index (χ3n) is 4.32. The number of benzene rings is 1. The number of fused-ring (bicyclic) bond motifs is 1. The molecule has 0 fully saturated rings. The molecule has 27 heavy (non-hydrogen) atoms. The van der Waals surface area contributed by atoms with Crippen molar-refractivity contribution in [1.29, 1.82) is 0 Å². The van der Waals surface area contributed by atoms with Crippen molar-refractivity contribution in [3.05, 3.63) is 76.0 Å². The van der Waals surface area contributed by atoms with Crippen LogP contribution in [0.25, 0.3) is 15.9 Å². The van der Waals surface area contributed by atoms with Crippen LogP contribution in [-0.4, -0.2) is 20.7 Å². The molecule has 0 saturated carbocycles. The third-order valence-corrected chi connectivity index (χ3v) is 5.68. The van der Waals surface area contributed by atoms with Crippen molar-refractivity contribution in [3.63, 3.8) is 0 Å². The molecule has 0 spiro atoms. The Kier molecular flexibility index (Phi) is 4.68. The van der Waals surface area contributed by atoms with Gasteiger partial charge in [-0.25, -0.2) is 4.68 Å². The van der Waals surface area contributed by atoms with Crippen molar-refractivity contribution in [2.24, 2.45) is 0 Å². The lowest BCUT2D eigenvalue weighted by molar-refractivity contribution is 0.0943. The zero-order chi connectivity index (χ0) is 19.0. The van der Waals surface area contributed by atoms with Gasteiger partial charge in [0.25, 0.3) is 5.91 Å². The Hall–Kier alpha value is -2.70. The molecule has 1 N–H and O–H groups in total. The maximum Gasteiger partial charge on any atom is 0.261 e. The van der Waals surface area contributed by atoms with E-state index >= 15 is 0 Å². The van der Waals surface area contributed by atoms with Crippen LogP contribution in [0.2, 0.25) is 5.02 Å². The summed E-state index contributed by atoms with van der Waals surface area (Å²) in [6, 6.07) is 14.9. The second-order valence-electron chi connectivity index (χ2n) is 6.25. The van der Waals surface area contributed by atoms with Gasteiger partial charge in [0, 0.05) is 16.6 Å². The maximum absolute atomic E-state index is 12.7. The number of amides is 1. The van der Waals surface area contributed by atoms with Gasteiger partial charge in [-0.3, -0.25) is 9.78 Å². The molecule has 4 aromatic rings. The first kappa shape index (κ1) is 17.7. The van der Waals surface area contributed by atoms with Crippen molar-refractivity contribution in [2.45, 2.75) is 19.9 Å². The maximum atomic E-state index is 12.7. The molecule has 1 atom stereocenters. The summed E-state index contributed by atoms with van der Waals surface area (Å²) >= 11 is 7.41. The average Bonchev–Trinajstić information content (AvgIpc) is 3.24. The van der Waals surface area contributed by atoms with E-state index < -0.39 is 0 Å². The molecule has 0 aliphatic heterocycles.